The largest absolute Gasteiger partial charge is 0.480 e. The van der Waals surface area contributed by atoms with Gasteiger partial charge in [0, 0.05) is 18.9 Å². The van der Waals surface area contributed by atoms with E-state index in [0.29, 0.717) is 26.1 Å². The van der Waals surface area contributed by atoms with Crippen molar-refractivity contribution in [2.75, 3.05) is 13.1 Å². The maximum absolute atomic E-state index is 12.2. The summed E-state index contributed by atoms with van der Waals surface area (Å²) >= 11 is 0. The standard InChI is InChI=1S/C18H22N4O3/c23-17(13-21-9-3-7-16(21)18(24)25)19-11-14-5-1-2-6-15(14)12-22-10-4-8-20-22/h1-2,4-6,8,10,16H,3,7,9,11-13H2,(H,19,23)(H,24,25)/t16-/m0/s1. The van der Waals surface area contributed by atoms with Gasteiger partial charge in [-0.2, -0.15) is 5.10 Å². The number of rotatable bonds is 7. The lowest BCUT2D eigenvalue weighted by Gasteiger charge is -2.20. The number of likely N-dealkylation sites (tertiary alicyclic amines) is 1. The summed E-state index contributed by atoms with van der Waals surface area (Å²) in [6.07, 6.45) is 5.06. The van der Waals surface area contributed by atoms with Gasteiger partial charge in [0.2, 0.25) is 5.91 Å². The minimum Gasteiger partial charge on any atom is -0.480 e. The first kappa shape index (κ1) is 17.2. The van der Waals surface area contributed by atoms with E-state index in [9.17, 15) is 14.7 Å². The Morgan fingerprint density at radius 2 is 2.04 bits per heavy atom. The molecule has 1 aliphatic heterocycles. The van der Waals surface area contributed by atoms with Gasteiger partial charge in [0.05, 0.1) is 13.1 Å². The van der Waals surface area contributed by atoms with Gasteiger partial charge in [-0.05, 0) is 36.6 Å². The van der Waals surface area contributed by atoms with E-state index < -0.39 is 12.0 Å². The van der Waals surface area contributed by atoms with Crippen LogP contribution in [0.3, 0.4) is 0 Å². The van der Waals surface area contributed by atoms with Gasteiger partial charge in [0.25, 0.3) is 0 Å². The fraction of sp³-hybridized carbons (Fsp3) is 0.389. The van der Waals surface area contributed by atoms with Gasteiger partial charge in [-0.15, -0.1) is 0 Å². The molecule has 1 atom stereocenters. The topological polar surface area (TPSA) is 87.5 Å². The second-order valence-electron chi connectivity index (χ2n) is 6.22. The SMILES string of the molecule is O=C(CN1CCC[C@H]1C(=O)O)NCc1ccccc1Cn1cccn1. The molecule has 0 unspecified atom stereocenters. The van der Waals surface area contributed by atoms with E-state index in [-0.39, 0.29) is 12.5 Å². The van der Waals surface area contributed by atoms with Crippen LogP contribution in [0.5, 0.6) is 0 Å². The average molecular weight is 342 g/mol. The number of nitrogens with one attached hydrogen (secondary N) is 1. The highest BCUT2D eigenvalue weighted by Gasteiger charge is 2.31. The monoisotopic (exact) mass is 342 g/mol. The number of aliphatic carboxylic acids is 1. The number of benzene rings is 1. The number of amides is 1. The first-order valence-corrected chi connectivity index (χ1v) is 8.41. The summed E-state index contributed by atoms with van der Waals surface area (Å²) in [6.45, 7) is 1.84. The van der Waals surface area contributed by atoms with Crippen LogP contribution in [0, 0.1) is 0 Å². The molecule has 0 bridgehead atoms. The van der Waals surface area contributed by atoms with Crippen molar-refractivity contribution in [1.29, 1.82) is 0 Å². The van der Waals surface area contributed by atoms with Crippen molar-refractivity contribution < 1.29 is 14.7 Å². The van der Waals surface area contributed by atoms with Crippen LogP contribution in [0.25, 0.3) is 0 Å². The number of carbonyl (C=O) groups is 2. The predicted molar refractivity (Wildman–Crippen MR) is 91.8 cm³/mol. The maximum Gasteiger partial charge on any atom is 0.320 e. The highest BCUT2D eigenvalue weighted by molar-refractivity contribution is 5.80. The number of aromatic nitrogens is 2. The highest BCUT2D eigenvalue weighted by Crippen LogP contribution is 2.16. The molecule has 2 aromatic rings. The van der Waals surface area contributed by atoms with Gasteiger partial charge in [-0.25, -0.2) is 0 Å². The maximum atomic E-state index is 12.2. The molecule has 0 saturated carbocycles. The molecule has 0 aliphatic carbocycles. The molecule has 0 spiro atoms. The van der Waals surface area contributed by atoms with Gasteiger partial charge in [0.15, 0.2) is 0 Å². The van der Waals surface area contributed by atoms with E-state index >= 15 is 0 Å². The van der Waals surface area contributed by atoms with E-state index in [4.69, 9.17) is 0 Å². The summed E-state index contributed by atoms with van der Waals surface area (Å²) in [5.41, 5.74) is 2.12. The second kappa shape index (κ2) is 7.94. The van der Waals surface area contributed by atoms with Crippen molar-refractivity contribution in [1.82, 2.24) is 20.0 Å². The van der Waals surface area contributed by atoms with E-state index in [1.165, 1.54) is 0 Å². The zero-order valence-corrected chi connectivity index (χ0v) is 14.0. The smallest absolute Gasteiger partial charge is 0.320 e. The molecule has 7 heteroatoms. The molecule has 1 fully saturated rings. The Hall–Kier alpha value is -2.67. The van der Waals surface area contributed by atoms with Crippen LogP contribution in [-0.4, -0.2) is 50.8 Å². The lowest BCUT2D eigenvalue weighted by molar-refractivity contribution is -0.142. The van der Waals surface area contributed by atoms with Crippen LogP contribution in [0.15, 0.2) is 42.7 Å². The Balaban J connectivity index is 1.56. The van der Waals surface area contributed by atoms with E-state index in [1.807, 2.05) is 41.2 Å². The Kier molecular flexibility index (Phi) is 5.45. The third-order valence-corrected chi connectivity index (χ3v) is 4.48. The number of nitrogens with zero attached hydrogens (tertiary/aromatic N) is 3. The molecule has 2 heterocycles. The van der Waals surface area contributed by atoms with Gasteiger partial charge < -0.3 is 10.4 Å². The third-order valence-electron chi connectivity index (χ3n) is 4.48. The van der Waals surface area contributed by atoms with Crippen molar-refractivity contribution in [3.05, 3.63) is 53.9 Å². The summed E-state index contributed by atoms with van der Waals surface area (Å²) in [7, 11) is 0. The van der Waals surface area contributed by atoms with Crippen LogP contribution in [-0.2, 0) is 22.7 Å². The minimum atomic E-state index is -0.852. The number of carboxylic acids is 1. The molecule has 132 valence electrons. The Morgan fingerprint density at radius 1 is 1.24 bits per heavy atom. The molecule has 7 nitrogen and oxygen atoms in total. The van der Waals surface area contributed by atoms with Crippen molar-refractivity contribution >= 4 is 11.9 Å². The number of hydrogen-bond donors (Lipinski definition) is 2. The van der Waals surface area contributed by atoms with Crippen molar-refractivity contribution in [3.63, 3.8) is 0 Å². The Bertz CT molecular complexity index is 730. The summed E-state index contributed by atoms with van der Waals surface area (Å²) in [6, 6.07) is 9.23. The average Bonchev–Trinajstić information content (AvgIpc) is 3.26. The molecular weight excluding hydrogens is 320 g/mol. The van der Waals surface area contributed by atoms with Gasteiger partial charge in [0.1, 0.15) is 6.04 Å². The first-order valence-electron chi connectivity index (χ1n) is 8.41. The Morgan fingerprint density at radius 3 is 2.76 bits per heavy atom. The Labute approximate surface area is 146 Å². The molecule has 25 heavy (non-hydrogen) atoms. The van der Waals surface area contributed by atoms with Crippen molar-refractivity contribution in [2.24, 2.45) is 0 Å². The number of hydrogen-bond acceptors (Lipinski definition) is 4. The fourth-order valence-electron chi connectivity index (χ4n) is 3.18. The zero-order valence-electron chi connectivity index (χ0n) is 14.0. The van der Waals surface area contributed by atoms with E-state index in [0.717, 1.165) is 17.5 Å². The number of carbonyl (C=O) groups excluding carboxylic acids is 1. The number of carboxylic acid groups (broad SMARTS) is 1. The second-order valence-corrected chi connectivity index (χ2v) is 6.22. The van der Waals surface area contributed by atoms with Crippen molar-refractivity contribution in [3.8, 4) is 0 Å². The van der Waals surface area contributed by atoms with Crippen LogP contribution in [0.4, 0.5) is 0 Å². The summed E-state index contributed by atoms with van der Waals surface area (Å²) in [5.74, 6) is -1.00. The van der Waals surface area contributed by atoms with Crippen molar-refractivity contribution in [2.45, 2.75) is 32.0 Å². The van der Waals surface area contributed by atoms with Crippen LogP contribution in [0.1, 0.15) is 24.0 Å². The molecule has 1 aromatic carbocycles. The predicted octanol–water partition coefficient (Wildman–Crippen LogP) is 1.10. The van der Waals surface area contributed by atoms with Gasteiger partial charge in [-0.3, -0.25) is 19.2 Å². The molecule has 1 aliphatic rings. The highest BCUT2D eigenvalue weighted by atomic mass is 16.4. The molecule has 3 rings (SSSR count). The molecule has 1 amide bonds. The molecular formula is C18H22N4O3. The van der Waals surface area contributed by atoms with Crippen LogP contribution >= 0.6 is 0 Å². The summed E-state index contributed by atoms with van der Waals surface area (Å²) < 4.78 is 1.84. The van der Waals surface area contributed by atoms with Gasteiger partial charge in [-0.1, -0.05) is 24.3 Å². The zero-order chi connectivity index (χ0) is 17.6. The normalized spacial score (nSPS) is 17.5. The summed E-state index contributed by atoms with van der Waals surface area (Å²) in [4.78, 5) is 25.1. The molecule has 1 aromatic heterocycles. The molecule has 1 saturated heterocycles. The fourth-order valence-corrected chi connectivity index (χ4v) is 3.18. The summed E-state index contributed by atoms with van der Waals surface area (Å²) in [5, 5.41) is 16.3. The molecule has 2 N–H and O–H groups in total. The van der Waals surface area contributed by atoms with Crippen LogP contribution < -0.4 is 5.32 Å². The third kappa shape index (κ3) is 4.45. The van der Waals surface area contributed by atoms with E-state index in [2.05, 4.69) is 10.4 Å². The quantitative estimate of drug-likeness (QED) is 0.787. The first-order chi connectivity index (χ1) is 12.1. The van der Waals surface area contributed by atoms with E-state index in [1.54, 1.807) is 11.1 Å². The lowest BCUT2D eigenvalue weighted by atomic mass is 10.1. The van der Waals surface area contributed by atoms with Gasteiger partial charge >= 0.3 is 5.97 Å². The van der Waals surface area contributed by atoms with Crippen LogP contribution in [0.2, 0.25) is 0 Å². The lowest BCUT2D eigenvalue weighted by Crippen LogP contribution is -2.42. The minimum absolute atomic E-state index is 0.123. The molecule has 0 radical (unpaired) electrons.